The zero-order valence-corrected chi connectivity index (χ0v) is 11.6. The van der Waals surface area contributed by atoms with Gasteiger partial charge in [0.25, 0.3) is 0 Å². The number of aliphatic hydroxyl groups is 1. The lowest BCUT2D eigenvalue weighted by molar-refractivity contribution is 0.0108. The van der Waals surface area contributed by atoms with Gasteiger partial charge in [-0.2, -0.15) is 0 Å². The Hall–Kier alpha value is -0.860. The molecule has 1 fully saturated rings. The van der Waals surface area contributed by atoms with Crippen molar-refractivity contribution in [1.82, 2.24) is 4.90 Å². The summed E-state index contributed by atoms with van der Waals surface area (Å²) in [6.45, 7) is 6.79. The number of piperidine rings is 1. The van der Waals surface area contributed by atoms with Crippen molar-refractivity contribution in [2.75, 3.05) is 13.2 Å². The standard InChI is InChI=1S/C16H25NO/c1-16(2,13-18)15-10-6-7-11-17(15)12-14-8-4-3-5-9-14/h3-5,8-9,15,18H,6-7,10-13H2,1-2H3. The van der Waals surface area contributed by atoms with E-state index in [1.54, 1.807) is 0 Å². The lowest BCUT2D eigenvalue weighted by atomic mass is 9.79. The van der Waals surface area contributed by atoms with E-state index in [0.29, 0.717) is 6.04 Å². The molecule has 1 aliphatic heterocycles. The lowest BCUT2D eigenvalue weighted by Crippen LogP contribution is -2.49. The van der Waals surface area contributed by atoms with Crippen LogP contribution in [0, 0.1) is 5.41 Å². The molecule has 0 aromatic heterocycles. The van der Waals surface area contributed by atoms with E-state index in [1.165, 1.54) is 24.8 Å². The SMILES string of the molecule is CC(C)(CO)C1CCCCN1Cc1ccccc1. The molecule has 1 heterocycles. The summed E-state index contributed by atoms with van der Waals surface area (Å²) < 4.78 is 0. The summed E-state index contributed by atoms with van der Waals surface area (Å²) in [7, 11) is 0. The first-order chi connectivity index (χ1) is 8.63. The molecule has 1 N–H and O–H groups in total. The van der Waals surface area contributed by atoms with Crippen LogP contribution in [0.3, 0.4) is 0 Å². The monoisotopic (exact) mass is 247 g/mol. The first kappa shape index (κ1) is 13.6. The molecule has 1 saturated heterocycles. The second kappa shape index (κ2) is 5.85. The van der Waals surface area contributed by atoms with Crippen LogP contribution in [0.15, 0.2) is 30.3 Å². The van der Waals surface area contributed by atoms with Crippen molar-refractivity contribution >= 4 is 0 Å². The molecular weight excluding hydrogens is 222 g/mol. The molecule has 0 aliphatic carbocycles. The van der Waals surface area contributed by atoms with E-state index >= 15 is 0 Å². The fraction of sp³-hybridized carbons (Fsp3) is 0.625. The zero-order chi connectivity index (χ0) is 13.0. The van der Waals surface area contributed by atoms with Crippen LogP contribution in [-0.4, -0.2) is 29.2 Å². The van der Waals surface area contributed by atoms with Crippen LogP contribution in [0.5, 0.6) is 0 Å². The van der Waals surface area contributed by atoms with E-state index in [9.17, 15) is 5.11 Å². The Bertz CT molecular complexity index is 361. The van der Waals surface area contributed by atoms with Crippen LogP contribution >= 0.6 is 0 Å². The average Bonchev–Trinajstić information content (AvgIpc) is 2.40. The lowest BCUT2D eigenvalue weighted by Gasteiger charge is -2.44. The van der Waals surface area contributed by atoms with Gasteiger partial charge in [0.1, 0.15) is 0 Å². The van der Waals surface area contributed by atoms with Crippen molar-refractivity contribution in [3.05, 3.63) is 35.9 Å². The molecule has 18 heavy (non-hydrogen) atoms. The highest BCUT2D eigenvalue weighted by Crippen LogP contribution is 2.32. The zero-order valence-electron chi connectivity index (χ0n) is 11.6. The van der Waals surface area contributed by atoms with E-state index in [1.807, 2.05) is 0 Å². The third-order valence-electron chi connectivity index (χ3n) is 4.15. The van der Waals surface area contributed by atoms with Crippen LogP contribution in [-0.2, 0) is 6.54 Å². The number of aliphatic hydroxyl groups excluding tert-OH is 1. The normalized spacial score (nSPS) is 22.1. The summed E-state index contributed by atoms with van der Waals surface area (Å²) in [5.41, 5.74) is 1.37. The number of likely N-dealkylation sites (tertiary alicyclic amines) is 1. The molecular formula is C16H25NO. The maximum atomic E-state index is 9.60. The number of hydrogen-bond donors (Lipinski definition) is 1. The molecule has 1 atom stereocenters. The predicted molar refractivity (Wildman–Crippen MR) is 75.4 cm³/mol. The minimum Gasteiger partial charge on any atom is -0.396 e. The molecule has 100 valence electrons. The maximum Gasteiger partial charge on any atom is 0.0497 e. The van der Waals surface area contributed by atoms with Crippen LogP contribution in [0.2, 0.25) is 0 Å². The van der Waals surface area contributed by atoms with Gasteiger partial charge in [-0.15, -0.1) is 0 Å². The van der Waals surface area contributed by atoms with Crippen molar-refractivity contribution in [1.29, 1.82) is 0 Å². The summed E-state index contributed by atoms with van der Waals surface area (Å²) in [5.74, 6) is 0. The van der Waals surface area contributed by atoms with Gasteiger partial charge in [-0.05, 0) is 24.9 Å². The van der Waals surface area contributed by atoms with E-state index < -0.39 is 0 Å². The third kappa shape index (κ3) is 3.12. The van der Waals surface area contributed by atoms with Crippen LogP contribution in [0.25, 0.3) is 0 Å². The quantitative estimate of drug-likeness (QED) is 0.884. The van der Waals surface area contributed by atoms with Crippen molar-refractivity contribution in [2.45, 2.75) is 45.7 Å². The number of hydrogen-bond acceptors (Lipinski definition) is 2. The molecule has 2 rings (SSSR count). The second-order valence-corrected chi connectivity index (χ2v) is 6.11. The molecule has 0 bridgehead atoms. The Morgan fingerprint density at radius 2 is 1.94 bits per heavy atom. The molecule has 2 nitrogen and oxygen atoms in total. The van der Waals surface area contributed by atoms with Crippen LogP contribution in [0.1, 0.15) is 38.7 Å². The second-order valence-electron chi connectivity index (χ2n) is 6.11. The Labute approximate surface area is 111 Å². The van der Waals surface area contributed by atoms with Gasteiger partial charge in [0.05, 0.1) is 0 Å². The summed E-state index contributed by atoms with van der Waals surface area (Å²) in [5, 5.41) is 9.60. The highest BCUT2D eigenvalue weighted by molar-refractivity contribution is 5.15. The Balaban J connectivity index is 2.09. The Morgan fingerprint density at radius 3 is 2.61 bits per heavy atom. The fourth-order valence-electron chi connectivity index (χ4n) is 2.99. The van der Waals surface area contributed by atoms with Crippen molar-refractivity contribution in [2.24, 2.45) is 5.41 Å². The Morgan fingerprint density at radius 1 is 1.22 bits per heavy atom. The number of benzene rings is 1. The minimum absolute atomic E-state index is 0.00476. The van der Waals surface area contributed by atoms with Gasteiger partial charge in [-0.3, -0.25) is 4.90 Å². The van der Waals surface area contributed by atoms with Gasteiger partial charge < -0.3 is 5.11 Å². The summed E-state index contributed by atoms with van der Waals surface area (Å²) >= 11 is 0. The number of rotatable bonds is 4. The van der Waals surface area contributed by atoms with E-state index in [4.69, 9.17) is 0 Å². The third-order valence-corrected chi connectivity index (χ3v) is 4.15. The summed E-state index contributed by atoms with van der Waals surface area (Å²) in [6, 6.07) is 11.2. The minimum atomic E-state index is -0.00476. The van der Waals surface area contributed by atoms with Gasteiger partial charge in [0.2, 0.25) is 0 Å². The van der Waals surface area contributed by atoms with Crippen molar-refractivity contribution in [3.63, 3.8) is 0 Å². The first-order valence-corrected chi connectivity index (χ1v) is 7.02. The predicted octanol–water partition coefficient (Wildman–Crippen LogP) is 3.06. The average molecular weight is 247 g/mol. The topological polar surface area (TPSA) is 23.5 Å². The van der Waals surface area contributed by atoms with Crippen LogP contribution in [0.4, 0.5) is 0 Å². The van der Waals surface area contributed by atoms with Gasteiger partial charge in [0, 0.05) is 24.6 Å². The molecule has 1 aromatic carbocycles. The fourth-order valence-corrected chi connectivity index (χ4v) is 2.99. The maximum absolute atomic E-state index is 9.60. The smallest absolute Gasteiger partial charge is 0.0497 e. The molecule has 1 unspecified atom stereocenters. The first-order valence-electron chi connectivity index (χ1n) is 7.02. The summed E-state index contributed by atoms with van der Waals surface area (Å²) in [6.07, 6.45) is 3.78. The number of nitrogens with zero attached hydrogens (tertiary/aromatic N) is 1. The molecule has 1 aliphatic rings. The molecule has 0 amide bonds. The van der Waals surface area contributed by atoms with Gasteiger partial charge in [-0.25, -0.2) is 0 Å². The molecule has 2 heteroatoms. The van der Waals surface area contributed by atoms with Crippen LogP contribution < -0.4 is 0 Å². The molecule has 0 radical (unpaired) electrons. The van der Waals surface area contributed by atoms with E-state index in [-0.39, 0.29) is 12.0 Å². The van der Waals surface area contributed by atoms with E-state index in [2.05, 4.69) is 49.1 Å². The van der Waals surface area contributed by atoms with Crippen molar-refractivity contribution in [3.8, 4) is 0 Å². The molecule has 1 aromatic rings. The molecule has 0 saturated carbocycles. The molecule has 0 spiro atoms. The van der Waals surface area contributed by atoms with Gasteiger partial charge in [0.15, 0.2) is 0 Å². The van der Waals surface area contributed by atoms with E-state index in [0.717, 1.165) is 13.1 Å². The Kier molecular flexibility index (Phi) is 4.41. The van der Waals surface area contributed by atoms with Gasteiger partial charge in [-0.1, -0.05) is 50.6 Å². The van der Waals surface area contributed by atoms with Gasteiger partial charge >= 0.3 is 0 Å². The summed E-state index contributed by atoms with van der Waals surface area (Å²) in [4.78, 5) is 2.55. The highest BCUT2D eigenvalue weighted by atomic mass is 16.3. The highest BCUT2D eigenvalue weighted by Gasteiger charge is 2.35. The largest absolute Gasteiger partial charge is 0.396 e. The van der Waals surface area contributed by atoms with Crippen molar-refractivity contribution < 1.29 is 5.11 Å².